The van der Waals surface area contributed by atoms with Gasteiger partial charge in [0.25, 0.3) is 0 Å². The molecular formula is C4H12MgOS. The van der Waals surface area contributed by atoms with Gasteiger partial charge in [-0.1, -0.05) is 0 Å². The second-order valence-electron chi connectivity index (χ2n) is 0.856. The Balaban J connectivity index is -0.0000000800. The van der Waals surface area contributed by atoms with E-state index in [-0.39, 0.29) is 28.5 Å². The third-order valence-electron chi connectivity index (χ3n) is 0.447. The molecule has 0 aliphatic rings. The van der Waals surface area contributed by atoms with Crippen LogP contribution in [0.2, 0.25) is 0 Å². The van der Waals surface area contributed by atoms with Crippen molar-refractivity contribution in [3.8, 4) is 0 Å². The Kier molecular flexibility index (Phi) is 35.3. The molecule has 0 fully saturated rings. The summed E-state index contributed by atoms with van der Waals surface area (Å²) < 4.78 is 0. The first kappa shape index (κ1) is 15.7. The Morgan fingerprint density at radius 1 is 1.14 bits per heavy atom. The standard InChI is InChI=1S/C4H10S.Mg.H2O/c1-3-5-4-2;;/h3-4H2,1-2H3;;1H2. The van der Waals surface area contributed by atoms with E-state index < -0.39 is 0 Å². The minimum atomic E-state index is 0. The highest BCUT2D eigenvalue weighted by molar-refractivity contribution is 7.78. The van der Waals surface area contributed by atoms with Crippen molar-refractivity contribution in [2.75, 3.05) is 11.5 Å². The number of thiol groups is 1. The van der Waals surface area contributed by atoms with E-state index >= 15 is 0 Å². The van der Waals surface area contributed by atoms with E-state index in [1.54, 1.807) is 11.8 Å². The summed E-state index contributed by atoms with van der Waals surface area (Å²) >= 11 is 1.58. The maximum atomic E-state index is 2.20. The monoisotopic (exact) mass is 132 g/mol. The van der Waals surface area contributed by atoms with Gasteiger partial charge in [-0.3, -0.25) is 0 Å². The van der Waals surface area contributed by atoms with Crippen LogP contribution in [0.1, 0.15) is 13.8 Å². The molecule has 0 spiro atoms. The van der Waals surface area contributed by atoms with Crippen LogP contribution in [0.25, 0.3) is 0 Å². The van der Waals surface area contributed by atoms with Crippen molar-refractivity contribution < 1.29 is 5.48 Å². The Morgan fingerprint density at radius 3 is 1.43 bits per heavy atom. The Morgan fingerprint density at radius 2 is 1.43 bits per heavy atom. The van der Waals surface area contributed by atoms with Crippen molar-refractivity contribution in [3.05, 3.63) is 0 Å². The highest BCUT2D eigenvalue weighted by Gasteiger charge is 1.77. The molecule has 0 atom stereocenters. The van der Waals surface area contributed by atoms with E-state index in [0.717, 1.165) is 0 Å². The van der Waals surface area contributed by atoms with Crippen molar-refractivity contribution in [2.45, 2.75) is 13.8 Å². The van der Waals surface area contributed by atoms with Gasteiger partial charge in [0.2, 0.25) is 0 Å². The van der Waals surface area contributed by atoms with Gasteiger partial charge in [0.15, 0.2) is 0 Å². The molecule has 0 aromatic rings. The molecule has 0 aliphatic carbocycles. The largest absolute Gasteiger partial charge is 0.870 e. The molecular weight excluding hydrogens is 120 g/mol. The molecule has 0 amide bonds. The first-order valence-corrected chi connectivity index (χ1v) is 3.31. The number of hydrogen-bond acceptors (Lipinski definition) is 1. The van der Waals surface area contributed by atoms with Gasteiger partial charge >= 0.3 is 0 Å². The van der Waals surface area contributed by atoms with E-state index in [4.69, 9.17) is 0 Å². The lowest BCUT2D eigenvalue weighted by Gasteiger charge is -1.69. The lowest BCUT2D eigenvalue weighted by atomic mass is 11.0. The summed E-state index contributed by atoms with van der Waals surface area (Å²) in [7, 11) is 0. The van der Waals surface area contributed by atoms with Crippen molar-refractivity contribution in [3.63, 3.8) is 0 Å². The van der Waals surface area contributed by atoms with E-state index in [1.165, 1.54) is 11.5 Å². The molecule has 0 aromatic carbocycles. The van der Waals surface area contributed by atoms with Gasteiger partial charge in [-0.2, -0.15) is 0 Å². The maximum Gasteiger partial charge on any atom is 0.103 e. The van der Waals surface area contributed by atoms with Crippen LogP contribution >= 0.6 is 0 Å². The van der Waals surface area contributed by atoms with Crippen LogP contribution in [0.4, 0.5) is 0 Å². The zero-order chi connectivity index (χ0) is 4.12. The molecule has 0 aromatic heterocycles. The molecule has 42 valence electrons. The topological polar surface area (TPSA) is 30.0 Å². The van der Waals surface area contributed by atoms with Crippen molar-refractivity contribution in [1.29, 1.82) is 0 Å². The molecule has 7 heavy (non-hydrogen) atoms. The molecule has 0 heterocycles. The fraction of sp³-hybridized carbons (Fsp3) is 1.00. The molecule has 0 rings (SSSR count). The summed E-state index contributed by atoms with van der Waals surface area (Å²) in [6.07, 6.45) is 0. The molecule has 0 saturated carbocycles. The fourth-order valence-corrected chi connectivity index (χ4v) is 0.671. The normalized spacial score (nSPS) is 6.00. The number of hydrogen-bond donors (Lipinski definition) is 0. The lowest BCUT2D eigenvalue weighted by molar-refractivity contribution is 0.824. The average Bonchev–Trinajstić information content (AvgIpc) is 1.41. The first-order chi connectivity index (χ1) is 2.41. The zero-order valence-corrected chi connectivity index (χ0v) is 7.32. The molecule has 0 saturated heterocycles. The van der Waals surface area contributed by atoms with Crippen molar-refractivity contribution in [2.24, 2.45) is 0 Å². The maximum absolute atomic E-state index is 2.20. The summed E-state index contributed by atoms with van der Waals surface area (Å²) in [4.78, 5) is 0. The minimum Gasteiger partial charge on any atom is -0.870 e. The Hall–Kier alpha value is 1.08. The SMILES string of the molecule is CC[SH+]CC.[Mg].[OH-]. The van der Waals surface area contributed by atoms with Crippen LogP contribution in [0, 0.1) is 0 Å². The smallest absolute Gasteiger partial charge is 0.103 e. The highest BCUT2D eigenvalue weighted by Crippen LogP contribution is 1.66. The van der Waals surface area contributed by atoms with Crippen LogP contribution in [0.15, 0.2) is 0 Å². The van der Waals surface area contributed by atoms with Gasteiger partial charge in [0.1, 0.15) is 11.5 Å². The second kappa shape index (κ2) is 15.7. The van der Waals surface area contributed by atoms with E-state index in [2.05, 4.69) is 13.8 Å². The Bertz CT molecular complexity index is 19.2. The van der Waals surface area contributed by atoms with Crippen LogP contribution in [-0.4, -0.2) is 40.0 Å². The third-order valence-corrected chi connectivity index (χ3v) is 1.34. The Labute approximate surface area is 65.7 Å². The summed E-state index contributed by atoms with van der Waals surface area (Å²) in [5.41, 5.74) is 0. The molecule has 0 unspecified atom stereocenters. The van der Waals surface area contributed by atoms with Crippen LogP contribution in [-0.2, 0) is 11.8 Å². The summed E-state index contributed by atoms with van der Waals surface area (Å²) in [5.74, 6) is 2.63. The van der Waals surface area contributed by atoms with Gasteiger partial charge in [0, 0.05) is 23.1 Å². The van der Waals surface area contributed by atoms with Crippen molar-refractivity contribution in [1.82, 2.24) is 0 Å². The first-order valence-electron chi connectivity index (χ1n) is 2.05. The van der Waals surface area contributed by atoms with E-state index in [9.17, 15) is 0 Å². The number of rotatable bonds is 2. The quantitative estimate of drug-likeness (QED) is 0.302. The third kappa shape index (κ3) is 19.3. The molecule has 2 radical (unpaired) electrons. The predicted molar refractivity (Wildman–Crippen MR) is 37.5 cm³/mol. The van der Waals surface area contributed by atoms with Gasteiger partial charge in [-0.05, 0) is 25.6 Å². The van der Waals surface area contributed by atoms with Crippen LogP contribution in [0.5, 0.6) is 0 Å². The molecule has 1 nitrogen and oxygen atoms in total. The van der Waals surface area contributed by atoms with Gasteiger partial charge in [0.05, 0.1) is 0 Å². The van der Waals surface area contributed by atoms with Gasteiger partial charge in [-0.15, -0.1) is 0 Å². The van der Waals surface area contributed by atoms with Gasteiger partial charge in [-0.25, -0.2) is 0 Å². The summed E-state index contributed by atoms with van der Waals surface area (Å²) in [6.45, 7) is 4.40. The highest BCUT2D eigenvalue weighted by atomic mass is 32.2. The fourth-order valence-electron chi connectivity index (χ4n) is 0.224. The van der Waals surface area contributed by atoms with Crippen LogP contribution < -0.4 is 0 Å². The second-order valence-corrected chi connectivity index (χ2v) is 2.57. The predicted octanol–water partition coefficient (Wildman–Crippen LogP) is 0.283. The van der Waals surface area contributed by atoms with Crippen LogP contribution in [0.3, 0.4) is 0 Å². The van der Waals surface area contributed by atoms with Gasteiger partial charge < -0.3 is 5.48 Å². The zero-order valence-electron chi connectivity index (χ0n) is 5.02. The summed E-state index contributed by atoms with van der Waals surface area (Å²) in [5, 5.41) is 0. The lowest BCUT2D eigenvalue weighted by Crippen LogP contribution is -1.82. The van der Waals surface area contributed by atoms with E-state index in [0.29, 0.717) is 0 Å². The average molecular weight is 133 g/mol. The molecule has 1 N–H and O–H groups in total. The molecule has 3 heteroatoms. The molecule has 0 aliphatic heterocycles. The summed E-state index contributed by atoms with van der Waals surface area (Å²) in [6, 6.07) is 0. The van der Waals surface area contributed by atoms with E-state index in [1.807, 2.05) is 0 Å². The van der Waals surface area contributed by atoms with Crippen molar-refractivity contribution >= 4 is 34.8 Å². The minimum absolute atomic E-state index is 0. The molecule has 0 bridgehead atoms.